The number of esters is 1. The van der Waals surface area contributed by atoms with Gasteiger partial charge in [0, 0.05) is 11.6 Å². The van der Waals surface area contributed by atoms with Gasteiger partial charge in [0.2, 0.25) is 0 Å². The number of ether oxygens (including phenoxy) is 1. The summed E-state index contributed by atoms with van der Waals surface area (Å²) < 4.78 is 60.6. The molecule has 0 saturated heterocycles. The molecule has 138 valence electrons. The molecule has 0 unspecified atom stereocenters. The Morgan fingerprint density at radius 2 is 1.48 bits per heavy atom. The van der Waals surface area contributed by atoms with Crippen molar-refractivity contribution in [2.75, 3.05) is 0 Å². The lowest BCUT2D eigenvalue weighted by Gasteiger charge is -2.09. The second kappa shape index (κ2) is 7.23. The Morgan fingerprint density at radius 3 is 2.15 bits per heavy atom. The van der Waals surface area contributed by atoms with Gasteiger partial charge in [-0.25, -0.2) is 22.4 Å². The zero-order chi connectivity index (χ0) is 19.7. The quantitative estimate of drug-likeness (QED) is 0.332. The molecule has 3 rings (SSSR count). The second-order valence-electron chi connectivity index (χ2n) is 6.05. The van der Waals surface area contributed by atoms with E-state index in [0.29, 0.717) is 5.56 Å². The van der Waals surface area contributed by atoms with Gasteiger partial charge in [0.1, 0.15) is 17.4 Å². The van der Waals surface area contributed by atoms with E-state index >= 15 is 0 Å². The van der Waals surface area contributed by atoms with Crippen LogP contribution in [0, 0.1) is 37.1 Å². The average molecular weight is 374 g/mol. The monoisotopic (exact) mass is 374 g/mol. The maximum absolute atomic E-state index is 14.4. The minimum atomic E-state index is -1.10. The van der Waals surface area contributed by atoms with Gasteiger partial charge in [0.25, 0.3) is 0 Å². The summed E-state index contributed by atoms with van der Waals surface area (Å²) in [5.41, 5.74) is 0.0343. The number of carbonyl (C=O) groups is 1. The smallest absolute Gasteiger partial charge is 0.346 e. The minimum absolute atomic E-state index is 0.0711. The number of benzene rings is 3. The van der Waals surface area contributed by atoms with E-state index in [1.807, 2.05) is 0 Å². The summed E-state index contributed by atoms with van der Waals surface area (Å²) in [7, 11) is 0. The highest BCUT2D eigenvalue weighted by atomic mass is 19.2. The first-order valence-electron chi connectivity index (χ1n) is 8.01. The summed E-state index contributed by atoms with van der Waals surface area (Å²) in [5, 5.41) is 0. The fourth-order valence-electron chi connectivity index (χ4n) is 2.52. The topological polar surface area (TPSA) is 26.3 Å². The van der Waals surface area contributed by atoms with Crippen molar-refractivity contribution in [3.05, 3.63) is 88.5 Å². The van der Waals surface area contributed by atoms with Crippen LogP contribution in [0.3, 0.4) is 0 Å². The van der Waals surface area contributed by atoms with E-state index < -0.39 is 34.8 Å². The molecule has 6 heteroatoms. The molecule has 3 aromatic carbocycles. The zero-order valence-electron chi connectivity index (χ0n) is 14.4. The van der Waals surface area contributed by atoms with Gasteiger partial charge < -0.3 is 4.74 Å². The fraction of sp³-hybridized carbons (Fsp3) is 0.0952. The van der Waals surface area contributed by atoms with Gasteiger partial charge in [0.05, 0.1) is 5.56 Å². The molecule has 0 amide bonds. The van der Waals surface area contributed by atoms with Gasteiger partial charge >= 0.3 is 5.97 Å². The lowest BCUT2D eigenvalue weighted by atomic mass is 10.0. The number of hydrogen-bond donors (Lipinski definition) is 0. The molecular formula is C21H14F4O2. The zero-order valence-corrected chi connectivity index (χ0v) is 14.4. The molecule has 0 saturated carbocycles. The van der Waals surface area contributed by atoms with E-state index in [2.05, 4.69) is 0 Å². The highest BCUT2D eigenvalue weighted by Crippen LogP contribution is 2.28. The number of rotatable bonds is 3. The first-order valence-corrected chi connectivity index (χ1v) is 8.01. The van der Waals surface area contributed by atoms with Gasteiger partial charge in [-0.3, -0.25) is 0 Å². The summed E-state index contributed by atoms with van der Waals surface area (Å²) in [6.45, 7) is 2.96. The average Bonchev–Trinajstić information content (AvgIpc) is 2.63. The van der Waals surface area contributed by atoms with Crippen molar-refractivity contribution in [2.24, 2.45) is 0 Å². The summed E-state index contributed by atoms with van der Waals surface area (Å²) in [5.74, 6) is -4.74. The third-order valence-corrected chi connectivity index (χ3v) is 4.13. The number of aryl methyl sites for hydroxylation is 2. The first-order chi connectivity index (χ1) is 12.8. The molecule has 2 nitrogen and oxygen atoms in total. The van der Waals surface area contributed by atoms with E-state index in [1.165, 1.54) is 37.3 Å². The molecule has 3 aromatic rings. The molecule has 0 fully saturated rings. The Bertz CT molecular complexity index is 1040. The van der Waals surface area contributed by atoms with Crippen molar-refractivity contribution in [1.29, 1.82) is 0 Å². The van der Waals surface area contributed by atoms with Crippen LogP contribution in [-0.4, -0.2) is 5.97 Å². The summed E-state index contributed by atoms with van der Waals surface area (Å²) >= 11 is 0. The van der Waals surface area contributed by atoms with Crippen molar-refractivity contribution in [2.45, 2.75) is 13.8 Å². The Kier molecular flexibility index (Phi) is 4.99. The highest BCUT2D eigenvalue weighted by molar-refractivity contribution is 5.92. The molecule has 27 heavy (non-hydrogen) atoms. The SMILES string of the molecule is Cc1ccc(OC(=O)c2ccc(-c3ccc(C)c(F)c3F)cc2F)cc1F. The Labute approximate surface area is 153 Å². The van der Waals surface area contributed by atoms with Crippen molar-refractivity contribution in [1.82, 2.24) is 0 Å². The third kappa shape index (κ3) is 3.69. The van der Waals surface area contributed by atoms with Crippen molar-refractivity contribution < 1.29 is 27.1 Å². The molecular weight excluding hydrogens is 360 g/mol. The molecule has 0 aliphatic carbocycles. The van der Waals surface area contributed by atoms with Gasteiger partial charge in [-0.1, -0.05) is 24.3 Å². The Balaban J connectivity index is 1.89. The lowest BCUT2D eigenvalue weighted by molar-refractivity contribution is 0.0729. The molecule has 0 radical (unpaired) electrons. The van der Waals surface area contributed by atoms with Crippen LogP contribution in [0.2, 0.25) is 0 Å². The van der Waals surface area contributed by atoms with E-state index in [4.69, 9.17) is 4.74 Å². The van der Waals surface area contributed by atoms with Crippen LogP contribution in [0.15, 0.2) is 48.5 Å². The molecule has 0 spiro atoms. The van der Waals surface area contributed by atoms with Crippen molar-refractivity contribution in [3.63, 3.8) is 0 Å². The first kappa shape index (κ1) is 18.6. The lowest BCUT2D eigenvalue weighted by Crippen LogP contribution is -2.11. The molecule has 0 N–H and O–H groups in total. The summed E-state index contributed by atoms with van der Waals surface area (Å²) in [6.07, 6.45) is 0. The van der Waals surface area contributed by atoms with Crippen LogP contribution in [0.1, 0.15) is 21.5 Å². The van der Waals surface area contributed by atoms with Gasteiger partial charge in [-0.15, -0.1) is 0 Å². The number of carbonyl (C=O) groups excluding carboxylic acids is 1. The molecule has 0 aliphatic rings. The van der Waals surface area contributed by atoms with E-state index in [1.54, 1.807) is 6.92 Å². The maximum Gasteiger partial charge on any atom is 0.346 e. The predicted octanol–water partition coefficient (Wildman–Crippen LogP) is 5.75. The van der Waals surface area contributed by atoms with Crippen LogP contribution in [0.25, 0.3) is 11.1 Å². The van der Waals surface area contributed by atoms with Gasteiger partial charge in [0.15, 0.2) is 11.6 Å². The highest BCUT2D eigenvalue weighted by Gasteiger charge is 2.18. The molecule has 0 atom stereocenters. The van der Waals surface area contributed by atoms with Crippen molar-refractivity contribution >= 4 is 5.97 Å². The van der Waals surface area contributed by atoms with Crippen LogP contribution >= 0.6 is 0 Å². The van der Waals surface area contributed by atoms with E-state index in [0.717, 1.165) is 18.2 Å². The number of halogens is 4. The minimum Gasteiger partial charge on any atom is -0.423 e. The predicted molar refractivity (Wildman–Crippen MR) is 92.6 cm³/mol. The molecule has 0 aliphatic heterocycles. The maximum atomic E-state index is 14.4. The molecule has 0 heterocycles. The van der Waals surface area contributed by atoms with Crippen LogP contribution in [-0.2, 0) is 0 Å². The van der Waals surface area contributed by atoms with E-state index in [-0.39, 0.29) is 22.4 Å². The summed E-state index contributed by atoms with van der Waals surface area (Å²) in [6, 6.07) is 9.83. The molecule has 0 aromatic heterocycles. The fourth-order valence-corrected chi connectivity index (χ4v) is 2.52. The van der Waals surface area contributed by atoms with Crippen LogP contribution in [0.5, 0.6) is 5.75 Å². The van der Waals surface area contributed by atoms with Crippen LogP contribution < -0.4 is 4.74 Å². The van der Waals surface area contributed by atoms with E-state index in [9.17, 15) is 22.4 Å². The third-order valence-electron chi connectivity index (χ3n) is 4.13. The Morgan fingerprint density at radius 1 is 0.778 bits per heavy atom. The van der Waals surface area contributed by atoms with Crippen molar-refractivity contribution in [3.8, 4) is 16.9 Å². The second-order valence-corrected chi connectivity index (χ2v) is 6.05. The standard InChI is InChI=1S/C21H14F4O2/c1-11-3-6-14(10-17(11)22)27-21(26)16-8-5-13(9-18(16)23)15-7-4-12(2)19(24)20(15)25/h3-10H,1-2H3. The van der Waals surface area contributed by atoms with Gasteiger partial charge in [-0.2, -0.15) is 0 Å². The number of hydrogen-bond acceptors (Lipinski definition) is 2. The van der Waals surface area contributed by atoms with Gasteiger partial charge in [-0.05, 0) is 48.7 Å². The largest absolute Gasteiger partial charge is 0.423 e. The van der Waals surface area contributed by atoms with Crippen LogP contribution in [0.4, 0.5) is 17.6 Å². The Hall–Kier alpha value is -3.15. The summed E-state index contributed by atoms with van der Waals surface area (Å²) in [4.78, 5) is 12.1. The normalized spacial score (nSPS) is 10.7. The molecule has 0 bridgehead atoms.